The molecule has 0 radical (unpaired) electrons. The number of aromatic nitrogens is 6. The predicted octanol–water partition coefficient (Wildman–Crippen LogP) is 4.42. The number of piperazine rings is 1. The lowest BCUT2D eigenvalue weighted by Crippen LogP contribution is -2.55. The van der Waals surface area contributed by atoms with E-state index in [0.717, 1.165) is 86.7 Å². The van der Waals surface area contributed by atoms with Gasteiger partial charge in [-0.25, -0.2) is 9.97 Å². The number of aliphatic hydroxyl groups excluding tert-OH is 1. The monoisotopic (exact) mass is 752 g/mol. The third-order valence-corrected chi connectivity index (χ3v) is 11.3. The second-order valence-corrected chi connectivity index (χ2v) is 15.2. The zero-order chi connectivity index (χ0) is 37.3. The summed E-state index contributed by atoms with van der Waals surface area (Å²) in [6, 6.07) is 10.2. The first kappa shape index (κ1) is 36.1. The molecule has 2 atom stereocenters. The zero-order valence-corrected chi connectivity index (χ0v) is 31.3. The number of aromatic amines is 1. The maximum Gasteiger partial charge on any atom is 0.234 e. The summed E-state index contributed by atoms with van der Waals surface area (Å²) in [5.74, 6) is 1.55. The molecule has 0 saturated carbocycles. The van der Waals surface area contributed by atoms with E-state index in [1.807, 2.05) is 38.5 Å². The first-order valence-corrected chi connectivity index (χ1v) is 19.0. The number of carbonyl (C=O) groups is 2. The number of rotatable bonds is 10. The lowest BCUT2D eigenvalue weighted by molar-refractivity contribution is -0.134. The van der Waals surface area contributed by atoms with E-state index >= 15 is 0 Å². The number of nitrogens with one attached hydrogen (secondary N) is 2. The number of ether oxygens (including phenoxy) is 1. The second kappa shape index (κ2) is 15.5. The van der Waals surface area contributed by atoms with Crippen LogP contribution in [0.5, 0.6) is 11.5 Å². The van der Waals surface area contributed by atoms with E-state index in [-0.39, 0.29) is 30.4 Å². The first-order valence-electron chi connectivity index (χ1n) is 18.6. The van der Waals surface area contributed by atoms with Crippen LogP contribution in [-0.2, 0) is 23.2 Å². The molecule has 3 saturated heterocycles. The molecular weight excluding hydrogens is 708 g/mol. The average Bonchev–Trinajstić information content (AvgIpc) is 3.76. The highest BCUT2D eigenvalue weighted by Crippen LogP contribution is 2.36. The number of aliphatic hydroxyl groups is 1. The summed E-state index contributed by atoms with van der Waals surface area (Å²) in [6.45, 7) is 8.28. The highest BCUT2D eigenvalue weighted by atomic mass is 35.5. The molecule has 54 heavy (non-hydrogen) atoms. The van der Waals surface area contributed by atoms with E-state index in [4.69, 9.17) is 16.3 Å². The predicted molar refractivity (Wildman–Crippen MR) is 204 cm³/mol. The van der Waals surface area contributed by atoms with Crippen molar-refractivity contribution in [1.29, 1.82) is 0 Å². The molecule has 8 rings (SSSR count). The van der Waals surface area contributed by atoms with Crippen molar-refractivity contribution in [1.82, 2.24) is 44.8 Å². The summed E-state index contributed by atoms with van der Waals surface area (Å²) in [5, 5.41) is 17.7. The van der Waals surface area contributed by atoms with E-state index in [2.05, 4.69) is 63.3 Å². The van der Waals surface area contributed by atoms with Gasteiger partial charge in [-0.3, -0.25) is 34.4 Å². The summed E-state index contributed by atoms with van der Waals surface area (Å²) in [7, 11) is 1.87. The normalized spacial score (nSPS) is 20.5. The number of nitrogens with zero attached hydrogens (tertiary/aromatic N) is 8. The fraction of sp³-hybridized carbons (Fsp3) is 0.436. The lowest BCUT2D eigenvalue weighted by atomic mass is 9.91. The van der Waals surface area contributed by atoms with Crippen LogP contribution in [0.4, 0.5) is 5.69 Å². The highest BCUT2D eigenvalue weighted by Gasteiger charge is 2.31. The number of anilines is 1. The number of amides is 2. The molecule has 3 fully saturated rings. The molecule has 0 bridgehead atoms. The van der Waals surface area contributed by atoms with Crippen molar-refractivity contribution in [3.8, 4) is 22.9 Å². The standard InChI is InChI=1S/C39H45ClN10O4/c1-24-32(22-47(2)46-24)37-44-35-36(33(40)18-42-38(35)45-37)54-30-5-3-25(4-6-30)19-48-13-14-50(29(21-48)23-51)20-26-9-11-49(12-10-26)28-15-27(16-41-17-28)31-7-8-34(52)43-39(31)53/h3-6,15-18,22,26,29,31,51H,7-14,19-21,23H2,1-2H3,(H,42,44,45)(H,43,52,53)/t29-,31-/m1/s1. The van der Waals surface area contributed by atoms with Crippen LogP contribution in [0.2, 0.25) is 5.02 Å². The summed E-state index contributed by atoms with van der Waals surface area (Å²) >= 11 is 6.57. The van der Waals surface area contributed by atoms with Gasteiger partial charge in [0.05, 0.1) is 41.9 Å². The van der Waals surface area contributed by atoms with Crippen LogP contribution in [0.3, 0.4) is 0 Å². The fourth-order valence-corrected chi connectivity index (χ4v) is 8.23. The largest absolute Gasteiger partial charge is 0.453 e. The van der Waals surface area contributed by atoms with Gasteiger partial charge in [-0.15, -0.1) is 0 Å². The van der Waals surface area contributed by atoms with Crippen molar-refractivity contribution in [2.24, 2.45) is 13.0 Å². The van der Waals surface area contributed by atoms with Crippen LogP contribution in [0, 0.1) is 12.8 Å². The third kappa shape index (κ3) is 7.69. The quantitative estimate of drug-likeness (QED) is 0.174. The summed E-state index contributed by atoms with van der Waals surface area (Å²) in [6.07, 6.45) is 10.1. The Hall–Kier alpha value is -4.89. The van der Waals surface area contributed by atoms with Gasteiger partial charge in [-0.2, -0.15) is 5.10 Å². The summed E-state index contributed by atoms with van der Waals surface area (Å²) in [4.78, 5) is 48.1. The first-order chi connectivity index (χ1) is 26.2. The second-order valence-electron chi connectivity index (χ2n) is 14.7. The highest BCUT2D eigenvalue weighted by molar-refractivity contribution is 6.32. The molecule has 3 aliphatic rings. The molecule has 5 aromatic rings. The molecule has 3 aliphatic heterocycles. The van der Waals surface area contributed by atoms with Gasteiger partial charge < -0.3 is 19.7 Å². The average molecular weight is 753 g/mol. The van der Waals surface area contributed by atoms with Crippen molar-refractivity contribution in [2.45, 2.75) is 51.1 Å². The maximum atomic E-state index is 12.4. The molecule has 7 heterocycles. The number of imidazole rings is 1. The van der Waals surface area contributed by atoms with E-state index in [1.54, 1.807) is 17.1 Å². The summed E-state index contributed by atoms with van der Waals surface area (Å²) in [5.41, 5.74) is 5.94. The van der Waals surface area contributed by atoms with Crippen LogP contribution in [0.25, 0.3) is 22.6 Å². The van der Waals surface area contributed by atoms with E-state index in [0.29, 0.717) is 52.3 Å². The number of halogens is 1. The minimum Gasteiger partial charge on any atom is -0.453 e. The summed E-state index contributed by atoms with van der Waals surface area (Å²) < 4.78 is 8.05. The van der Waals surface area contributed by atoms with Gasteiger partial charge in [-0.05, 0) is 61.4 Å². The molecule has 0 aliphatic carbocycles. The number of carbonyl (C=O) groups excluding carboxylic acids is 2. The number of pyridine rings is 2. The third-order valence-electron chi connectivity index (χ3n) is 11.0. The van der Waals surface area contributed by atoms with Crippen molar-refractivity contribution < 1.29 is 19.4 Å². The Morgan fingerprint density at radius 3 is 2.59 bits per heavy atom. The molecule has 2 amide bonds. The topological polar surface area (TPSA) is 158 Å². The van der Waals surface area contributed by atoms with Gasteiger partial charge in [0.25, 0.3) is 0 Å². The molecule has 1 aromatic carbocycles. The van der Waals surface area contributed by atoms with Crippen LogP contribution in [0.1, 0.15) is 48.4 Å². The lowest BCUT2D eigenvalue weighted by Gasteiger charge is -2.43. The molecule has 0 unspecified atom stereocenters. The van der Waals surface area contributed by atoms with E-state index in [1.165, 1.54) is 0 Å². The number of hydrogen-bond acceptors (Lipinski definition) is 11. The fourth-order valence-electron chi connectivity index (χ4n) is 8.05. The molecule has 15 heteroatoms. The van der Waals surface area contributed by atoms with Crippen LogP contribution >= 0.6 is 11.6 Å². The minimum absolute atomic E-state index is 0.0831. The maximum absolute atomic E-state index is 12.4. The molecule has 4 aromatic heterocycles. The van der Waals surface area contributed by atoms with Crippen molar-refractivity contribution >= 4 is 40.3 Å². The molecule has 3 N–H and O–H groups in total. The number of piperidine rings is 2. The number of H-pyrrole nitrogens is 1. The van der Waals surface area contributed by atoms with Crippen LogP contribution < -0.4 is 15.0 Å². The van der Waals surface area contributed by atoms with Crippen molar-refractivity contribution in [2.75, 3.05) is 50.8 Å². The van der Waals surface area contributed by atoms with E-state index in [9.17, 15) is 14.7 Å². The Morgan fingerprint density at radius 1 is 1.04 bits per heavy atom. The SMILES string of the molecule is Cc1nn(C)cc1-c1nc2ncc(Cl)c(Oc3ccc(CN4CCN(CC5CCN(c6cncc([C@H]7CCC(=O)NC7=O)c6)CC5)[C@@H](CO)C4)cc3)c2[nH]1. The van der Waals surface area contributed by atoms with Gasteiger partial charge in [0.2, 0.25) is 11.8 Å². The molecule has 0 spiro atoms. The number of fused-ring (bicyclic) bond motifs is 1. The molecule has 14 nitrogen and oxygen atoms in total. The Morgan fingerprint density at radius 2 is 1.85 bits per heavy atom. The van der Waals surface area contributed by atoms with Gasteiger partial charge >= 0.3 is 0 Å². The van der Waals surface area contributed by atoms with Gasteiger partial charge in [0.15, 0.2) is 11.4 Å². The van der Waals surface area contributed by atoms with Crippen LogP contribution in [-0.4, -0.2) is 108 Å². The van der Waals surface area contributed by atoms with Crippen molar-refractivity contribution in [3.05, 3.63) is 77.0 Å². The Kier molecular flexibility index (Phi) is 10.3. The van der Waals surface area contributed by atoms with Crippen LogP contribution in [0.15, 0.2) is 55.1 Å². The van der Waals surface area contributed by atoms with Gasteiger partial charge in [0, 0.05) is 77.7 Å². The number of benzene rings is 1. The Balaban J connectivity index is 0.835. The molecule has 282 valence electrons. The van der Waals surface area contributed by atoms with E-state index < -0.39 is 0 Å². The number of aryl methyl sites for hydroxylation is 2. The van der Waals surface area contributed by atoms with Crippen molar-refractivity contribution in [3.63, 3.8) is 0 Å². The minimum atomic E-state index is -0.334. The Labute approximate surface area is 318 Å². The molecular formula is C39H45ClN10O4. The smallest absolute Gasteiger partial charge is 0.234 e. The van der Waals surface area contributed by atoms with Gasteiger partial charge in [-0.1, -0.05) is 23.7 Å². The zero-order valence-electron chi connectivity index (χ0n) is 30.5. The number of imide groups is 1. The Bertz CT molecular complexity index is 2140. The van der Waals surface area contributed by atoms with Gasteiger partial charge in [0.1, 0.15) is 22.1 Å². The number of hydrogen-bond donors (Lipinski definition) is 3.